The van der Waals surface area contributed by atoms with Crippen LogP contribution in [0.4, 0.5) is 0 Å². The minimum Gasteiger partial charge on any atom is -0.330 e. The maximum absolute atomic E-state index is 11.0. The second-order valence-corrected chi connectivity index (χ2v) is 3.01. The molecule has 0 unspecified atom stereocenters. The highest BCUT2D eigenvalue weighted by Crippen LogP contribution is 2.05. The molecule has 0 aromatic rings. The van der Waals surface area contributed by atoms with Crippen molar-refractivity contribution in [2.24, 2.45) is 5.73 Å². The zero-order valence-electron chi connectivity index (χ0n) is 9.53. The quantitative estimate of drug-likeness (QED) is 0.547. The van der Waals surface area contributed by atoms with E-state index in [1.807, 2.05) is 13.8 Å². The molecule has 0 fully saturated rings. The molecule has 1 rings (SSSR count). The Labute approximate surface area is 91.1 Å². The number of carbonyl (C=O) groups excluding carboxylic acids is 2. The Morgan fingerprint density at radius 2 is 1.60 bits per heavy atom. The maximum atomic E-state index is 11.0. The van der Waals surface area contributed by atoms with Gasteiger partial charge in [0.2, 0.25) is 0 Å². The van der Waals surface area contributed by atoms with Gasteiger partial charge in [-0.15, -0.1) is 0 Å². The van der Waals surface area contributed by atoms with Gasteiger partial charge in [0.15, 0.2) is 0 Å². The first kappa shape index (κ1) is 13.8. The molecule has 15 heavy (non-hydrogen) atoms. The summed E-state index contributed by atoms with van der Waals surface area (Å²) in [6, 6.07) is 0. The summed E-state index contributed by atoms with van der Waals surface area (Å²) in [5.41, 5.74) is 5.32. The monoisotopic (exact) mass is 212 g/mol. The molecule has 4 heteroatoms. The molecular weight excluding hydrogens is 192 g/mol. The van der Waals surface area contributed by atoms with Gasteiger partial charge in [-0.1, -0.05) is 20.3 Å². The van der Waals surface area contributed by atoms with Crippen molar-refractivity contribution >= 4 is 11.8 Å². The van der Waals surface area contributed by atoms with Crippen molar-refractivity contribution in [1.82, 2.24) is 4.90 Å². The average molecular weight is 212 g/mol. The summed E-state index contributed by atoms with van der Waals surface area (Å²) in [6.07, 6.45) is 5.38. The summed E-state index contributed by atoms with van der Waals surface area (Å²) in [7, 11) is 0. The first-order valence-corrected chi connectivity index (χ1v) is 5.49. The van der Waals surface area contributed by atoms with E-state index in [1.165, 1.54) is 17.1 Å². The third-order valence-electron chi connectivity index (χ3n) is 1.99. The number of hydrogen-bond donors (Lipinski definition) is 1. The molecular formula is C11H20N2O2. The van der Waals surface area contributed by atoms with E-state index in [2.05, 4.69) is 0 Å². The van der Waals surface area contributed by atoms with Crippen LogP contribution in [0.2, 0.25) is 0 Å². The highest BCUT2D eigenvalue weighted by molar-refractivity contribution is 6.12. The Morgan fingerprint density at radius 3 is 2.07 bits per heavy atom. The molecule has 2 N–H and O–H groups in total. The van der Waals surface area contributed by atoms with Crippen molar-refractivity contribution in [3.8, 4) is 0 Å². The van der Waals surface area contributed by atoms with E-state index in [1.54, 1.807) is 0 Å². The predicted molar refractivity (Wildman–Crippen MR) is 60.1 cm³/mol. The first-order valence-electron chi connectivity index (χ1n) is 5.49. The summed E-state index contributed by atoms with van der Waals surface area (Å²) in [5, 5.41) is 0. The van der Waals surface area contributed by atoms with Crippen LogP contribution in [0.25, 0.3) is 0 Å². The van der Waals surface area contributed by atoms with Crippen LogP contribution in [0.1, 0.15) is 33.1 Å². The molecule has 0 atom stereocenters. The van der Waals surface area contributed by atoms with Gasteiger partial charge in [0.25, 0.3) is 11.8 Å². The number of rotatable bonds is 5. The lowest BCUT2D eigenvalue weighted by Gasteiger charge is -2.12. The van der Waals surface area contributed by atoms with Gasteiger partial charge < -0.3 is 5.73 Å². The first-order chi connectivity index (χ1) is 7.25. The van der Waals surface area contributed by atoms with Gasteiger partial charge in [-0.3, -0.25) is 14.5 Å². The van der Waals surface area contributed by atoms with Gasteiger partial charge in [-0.2, -0.15) is 0 Å². The van der Waals surface area contributed by atoms with Crippen LogP contribution in [0.15, 0.2) is 12.2 Å². The fourth-order valence-electron chi connectivity index (χ4n) is 1.24. The largest absolute Gasteiger partial charge is 0.330 e. The van der Waals surface area contributed by atoms with Crippen molar-refractivity contribution in [2.75, 3.05) is 13.1 Å². The SMILES string of the molecule is CC.NCCCCCN1C(=O)C=CC1=O. The molecule has 0 radical (unpaired) electrons. The van der Waals surface area contributed by atoms with Crippen molar-refractivity contribution in [3.05, 3.63) is 12.2 Å². The van der Waals surface area contributed by atoms with E-state index in [0.717, 1.165) is 19.3 Å². The van der Waals surface area contributed by atoms with Crippen LogP contribution in [0, 0.1) is 0 Å². The van der Waals surface area contributed by atoms with Gasteiger partial charge in [0.1, 0.15) is 0 Å². The number of nitrogens with two attached hydrogens (primary N) is 1. The zero-order chi connectivity index (χ0) is 11.7. The lowest BCUT2D eigenvalue weighted by Crippen LogP contribution is -2.30. The Balaban J connectivity index is 0.000000921. The Hall–Kier alpha value is -1.16. The van der Waals surface area contributed by atoms with Crippen molar-refractivity contribution < 1.29 is 9.59 Å². The van der Waals surface area contributed by atoms with Gasteiger partial charge in [-0.25, -0.2) is 0 Å². The number of amides is 2. The fourth-order valence-corrected chi connectivity index (χ4v) is 1.24. The lowest BCUT2D eigenvalue weighted by atomic mass is 10.2. The molecule has 0 saturated heterocycles. The van der Waals surface area contributed by atoms with Gasteiger partial charge in [0, 0.05) is 18.7 Å². The number of carbonyl (C=O) groups is 2. The number of nitrogens with zero attached hydrogens (tertiary/aromatic N) is 1. The molecule has 0 spiro atoms. The molecule has 4 nitrogen and oxygen atoms in total. The number of hydrogen-bond acceptors (Lipinski definition) is 3. The average Bonchev–Trinajstić information content (AvgIpc) is 2.58. The molecule has 0 saturated carbocycles. The van der Waals surface area contributed by atoms with Crippen LogP contribution in [0.5, 0.6) is 0 Å². The smallest absolute Gasteiger partial charge is 0.253 e. The number of imide groups is 1. The van der Waals surface area contributed by atoms with E-state index in [4.69, 9.17) is 5.73 Å². The Morgan fingerprint density at radius 1 is 1.07 bits per heavy atom. The molecule has 2 amide bonds. The summed E-state index contributed by atoms with van der Waals surface area (Å²) in [6.45, 7) is 5.19. The molecule has 0 aromatic carbocycles. The van der Waals surface area contributed by atoms with Gasteiger partial charge in [-0.05, 0) is 19.4 Å². The second-order valence-electron chi connectivity index (χ2n) is 3.01. The van der Waals surface area contributed by atoms with Crippen molar-refractivity contribution in [2.45, 2.75) is 33.1 Å². The molecule has 0 aromatic heterocycles. The van der Waals surface area contributed by atoms with Crippen LogP contribution in [0.3, 0.4) is 0 Å². The van der Waals surface area contributed by atoms with Gasteiger partial charge >= 0.3 is 0 Å². The number of unbranched alkanes of at least 4 members (excludes halogenated alkanes) is 2. The van der Waals surface area contributed by atoms with Crippen molar-refractivity contribution in [1.29, 1.82) is 0 Å². The molecule has 0 bridgehead atoms. The second kappa shape index (κ2) is 8.17. The van der Waals surface area contributed by atoms with E-state index in [9.17, 15) is 9.59 Å². The summed E-state index contributed by atoms with van der Waals surface area (Å²) >= 11 is 0. The summed E-state index contributed by atoms with van der Waals surface area (Å²) < 4.78 is 0. The standard InChI is InChI=1S/C9H14N2O2.C2H6/c10-6-2-1-3-7-11-8(12)4-5-9(11)13;1-2/h4-5H,1-3,6-7,10H2;1-2H3. The zero-order valence-corrected chi connectivity index (χ0v) is 9.53. The Bertz CT molecular complexity index is 219. The normalized spacial score (nSPS) is 14.2. The highest BCUT2D eigenvalue weighted by Gasteiger charge is 2.21. The van der Waals surface area contributed by atoms with Crippen LogP contribution < -0.4 is 5.73 Å². The Kier molecular flexibility index (Phi) is 7.54. The summed E-state index contributed by atoms with van der Waals surface area (Å²) in [4.78, 5) is 23.3. The van der Waals surface area contributed by atoms with Crippen LogP contribution in [-0.2, 0) is 9.59 Å². The van der Waals surface area contributed by atoms with Crippen LogP contribution in [-0.4, -0.2) is 29.8 Å². The van der Waals surface area contributed by atoms with Crippen LogP contribution >= 0.6 is 0 Å². The molecule has 1 heterocycles. The highest BCUT2D eigenvalue weighted by atomic mass is 16.2. The third-order valence-corrected chi connectivity index (χ3v) is 1.99. The van der Waals surface area contributed by atoms with E-state index in [0.29, 0.717) is 13.1 Å². The third kappa shape index (κ3) is 4.74. The molecule has 86 valence electrons. The molecule has 1 aliphatic heterocycles. The minimum absolute atomic E-state index is 0.197. The predicted octanol–water partition coefficient (Wildman–Crippen LogP) is 1.07. The van der Waals surface area contributed by atoms with E-state index < -0.39 is 0 Å². The van der Waals surface area contributed by atoms with Crippen molar-refractivity contribution in [3.63, 3.8) is 0 Å². The van der Waals surface area contributed by atoms with Gasteiger partial charge in [0.05, 0.1) is 0 Å². The lowest BCUT2D eigenvalue weighted by molar-refractivity contribution is -0.136. The van der Waals surface area contributed by atoms with E-state index >= 15 is 0 Å². The molecule has 0 aliphatic carbocycles. The minimum atomic E-state index is -0.197. The maximum Gasteiger partial charge on any atom is 0.253 e. The molecule has 1 aliphatic rings. The van der Waals surface area contributed by atoms with E-state index in [-0.39, 0.29) is 11.8 Å². The summed E-state index contributed by atoms with van der Waals surface area (Å²) in [5.74, 6) is -0.393. The fraction of sp³-hybridized carbons (Fsp3) is 0.636. The topological polar surface area (TPSA) is 63.4 Å².